The summed E-state index contributed by atoms with van der Waals surface area (Å²) < 4.78 is 9.02. The lowest BCUT2D eigenvalue weighted by molar-refractivity contribution is 0.669. The summed E-state index contributed by atoms with van der Waals surface area (Å²) in [6, 6.07) is 56.7. The molecule has 47 heavy (non-hydrogen) atoms. The molecule has 7 aromatic carbocycles. The van der Waals surface area contributed by atoms with Crippen LogP contribution in [0.25, 0.3) is 72.3 Å². The topological polar surface area (TPSA) is 31.0 Å². The van der Waals surface area contributed by atoms with E-state index >= 15 is 0 Å². The number of para-hydroxylation sites is 4. The molecule has 0 bridgehead atoms. The predicted octanol–water partition coefficient (Wildman–Crippen LogP) is 10.9. The van der Waals surface area contributed by atoms with Gasteiger partial charge >= 0.3 is 0 Å². The van der Waals surface area contributed by atoms with E-state index in [0.717, 1.165) is 50.0 Å². The Hall–Kier alpha value is -6.19. The van der Waals surface area contributed by atoms with Crippen molar-refractivity contribution in [3.63, 3.8) is 0 Å². The van der Waals surface area contributed by atoms with E-state index in [1.165, 1.54) is 44.5 Å². The Morgan fingerprint density at radius 3 is 1.96 bits per heavy atom. The van der Waals surface area contributed by atoms with E-state index in [1.54, 1.807) is 0 Å². The van der Waals surface area contributed by atoms with E-state index in [-0.39, 0.29) is 0 Å². The van der Waals surface area contributed by atoms with E-state index in [2.05, 4.69) is 156 Å². The number of aromatic nitrogens is 2. The summed E-state index contributed by atoms with van der Waals surface area (Å²) in [4.78, 5) is 5.33. The lowest BCUT2D eigenvalue weighted by Gasteiger charge is -2.30. The first-order chi connectivity index (χ1) is 23.3. The molecule has 9 aromatic rings. The Morgan fingerprint density at radius 2 is 1.11 bits per heavy atom. The third-order valence-electron chi connectivity index (χ3n) is 10.4. The summed E-state index contributed by atoms with van der Waals surface area (Å²) in [5.41, 5.74) is 15.7. The molecule has 0 aliphatic heterocycles. The Morgan fingerprint density at radius 1 is 0.468 bits per heavy atom. The van der Waals surface area contributed by atoms with E-state index in [0.29, 0.717) is 0 Å². The van der Waals surface area contributed by atoms with Gasteiger partial charge in [-0.15, -0.1) is 0 Å². The molecule has 0 radical (unpaired) electrons. The second-order valence-corrected chi connectivity index (χ2v) is 12.6. The van der Waals surface area contributed by atoms with Crippen LogP contribution in [0.4, 0.5) is 0 Å². The van der Waals surface area contributed by atoms with E-state index in [4.69, 9.17) is 9.40 Å². The van der Waals surface area contributed by atoms with Gasteiger partial charge in [-0.05, 0) is 69.3 Å². The molecule has 0 amide bonds. The number of hydrogen-bond acceptors (Lipinski definition) is 2. The summed E-state index contributed by atoms with van der Waals surface area (Å²) >= 11 is 0. The number of imidazole rings is 1. The maximum Gasteiger partial charge on any atom is 0.146 e. The smallest absolute Gasteiger partial charge is 0.146 e. The molecular formula is C44H26N2O. The molecule has 1 spiro atoms. The largest absolute Gasteiger partial charge is 0.455 e. The summed E-state index contributed by atoms with van der Waals surface area (Å²) in [6.45, 7) is 0. The van der Waals surface area contributed by atoms with Gasteiger partial charge in [-0.2, -0.15) is 0 Å². The number of fused-ring (bicyclic) bond motifs is 15. The van der Waals surface area contributed by atoms with Crippen molar-refractivity contribution in [1.29, 1.82) is 0 Å². The minimum atomic E-state index is -0.495. The normalized spacial score (nSPS) is 15.7. The van der Waals surface area contributed by atoms with Crippen LogP contribution in [0.2, 0.25) is 0 Å². The molecule has 2 heterocycles. The summed E-state index contributed by atoms with van der Waals surface area (Å²) in [7, 11) is 0. The highest BCUT2D eigenvalue weighted by molar-refractivity contribution is 6.13. The predicted molar refractivity (Wildman–Crippen MR) is 190 cm³/mol. The van der Waals surface area contributed by atoms with Crippen LogP contribution in [-0.2, 0) is 5.41 Å². The SMILES string of the molecule is c1ccc(-n2c(-c3cccc4c3-c3ccccc3C43c4ccccc4-c4c3ccc3c4oc4ccccc43)nc3ccccc32)cc1. The second-order valence-electron chi connectivity index (χ2n) is 12.6. The van der Waals surface area contributed by atoms with Crippen molar-refractivity contribution >= 4 is 33.0 Å². The van der Waals surface area contributed by atoms with Crippen LogP contribution >= 0.6 is 0 Å². The van der Waals surface area contributed by atoms with Crippen LogP contribution in [-0.4, -0.2) is 9.55 Å². The highest BCUT2D eigenvalue weighted by Crippen LogP contribution is 2.65. The maximum atomic E-state index is 6.71. The molecule has 0 saturated heterocycles. The fourth-order valence-corrected chi connectivity index (χ4v) is 8.68. The fourth-order valence-electron chi connectivity index (χ4n) is 8.68. The van der Waals surface area contributed by atoms with Crippen LogP contribution in [0.5, 0.6) is 0 Å². The van der Waals surface area contributed by atoms with E-state index in [1.807, 2.05) is 6.07 Å². The van der Waals surface area contributed by atoms with Crippen molar-refractivity contribution in [3.05, 3.63) is 180 Å². The number of benzene rings is 7. The maximum absolute atomic E-state index is 6.71. The first-order valence-electron chi connectivity index (χ1n) is 16.2. The highest BCUT2D eigenvalue weighted by Gasteiger charge is 2.53. The van der Waals surface area contributed by atoms with Gasteiger partial charge in [0.05, 0.1) is 16.4 Å². The van der Waals surface area contributed by atoms with Gasteiger partial charge in [0, 0.05) is 27.6 Å². The van der Waals surface area contributed by atoms with Gasteiger partial charge < -0.3 is 4.42 Å². The zero-order valence-corrected chi connectivity index (χ0v) is 25.3. The van der Waals surface area contributed by atoms with Gasteiger partial charge in [0.25, 0.3) is 0 Å². The zero-order valence-electron chi connectivity index (χ0n) is 25.3. The third kappa shape index (κ3) is 3.04. The van der Waals surface area contributed by atoms with Crippen LogP contribution < -0.4 is 0 Å². The summed E-state index contributed by atoms with van der Waals surface area (Å²) in [6.07, 6.45) is 0. The van der Waals surface area contributed by atoms with Crippen molar-refractivity contribution in [3.8, 4) is 39.3 Å². The molecule has 218 valence electrons. The van der Waals surface area contributed by atoms with Crippen LogP contribution in [0.15, 0.2) is 162 Å². The molecule has 0 fully saturated rings. The Bertz CT molecular complexity index is 2750. The minimum Gasteiger partial charge on any atom is -0.455 e. The molecule has 3 heteroatoms. The highest BCUT2D eigenvalue weighted by atomic mass is 16.3. The quantitative estimate of drug-likeness (QED) is 0.198. The zero-order chi connectivity index (χ0) is 30.7. The van der Waals surface area contributed by atoms with E-state index in [9.17, 15) is 0 Å². The molecule has 0 saturated carbocycles. The molecular weight excluding hydrogens is 572 g/mol. The van der Waals surface area contributed by atoms with Gasteiger partial charge in [-0.25, -0.2) is 4.98 Å². The molecule has 1 atom stereocenters. The van der Waals surface area contributed by atoms with Crippen molar-refractivity contribution in [2.75, 3.05) is 0 Å². The number of furan rings is 1. The van der Waals surface area contributed by atoms with Gasteiger partial charge in [0.2, 0.25) is 0 Å². The molecule has 0 N–H and O–H groups in total. The molecule has 1 unspecified atom stereocenters. The first-order valence-corrected chi connectivity index (χ1v) is 16.2. The van der Waals surface area contributed by atoms with Crippen molar-refractivity contribution in [2.45, 2.75) is 5.41 Å². The van der Waals surface area contributed by atoms with Crippen molar-refractivity contribution < 1.29 is 4.42 Å². The Labute approximate surface area is 271 Å². The third-order valence-corrected chi connectivity index (χ3v) is 10.4. The molecule has 2 aliphatic carbocycles. The van der Waals surface area contributed by atoms with E-state index < -0.39 is 5.41 Å². The summed E-state index contributed by atoms with van der Waals surface area (Å²) in [5, 5.41) is 2.31. The van der Waals surface area contributed by atoms with Gasteiger partial charge in [-0.3, -0.25) is 4.57 Å². The average molecular weight is 599 g/mol. The Kier molecular flexibility index (Phi) is 4.78. The lowest BCUT2D eigenvalue weighted by atomic mass is 9.70. The molecule has 2 aromatic heterocycles. The molecule has 11 rings (SSSR count). The van der Waals surface area contributed by atoms with Crippen molar-refractivity contribution in [2.24, 2.45) is 0 Å². The monoisotopic (exact) mass is 598 g/mol. The van der Waals surface area contributed by atoms with Crippen LogP contribution in [0, 0.1) is 0 Å². The fraction of sp³-hybridized carbons (Fsp3) is 0.0227. The summed E-state index contributed by atoms with van der Waals surface area (Å²) in [5.74, 6) is 0.945. The van der Waals surface area contributed by atoms with Gasteiger partial charge in [-0.1, -0.05) is 127 Å². The van der Waals surface area contributed by atoms with Gasteiger partial charge in [0.1, 0.15) is 17.0 Å². The molecule has 3 nitrogen and oxygen atoms in total. The first kappa shape index (κ1) is 25.1. The second kappa shape index (κ2) is 8.96. The van der Waals surface area contributed by atoms with Gasteiger partial charge in [0.15, 0.2) is 0 Å². The standard InChI is InChI=1S/C44H26N2O/c1-2-13-27(14-3-1)46-38-23-10-9-22-37(38)45-43(46)32-18-12-21-35-40(32)30-16-4-7-19-33(30)44(35)34-20-8-5-17-31(34)41-36(44)26-25-29-28-15-6-11-24-39(28)47-42(29)41/h1-26H. The Balaban J connectivity index is 1.28. The lowest BCUT2D eigenvalue weighted by Crippen LogP contribution is -2.25. The number of hydrogen-bond donors (Lipinski definition) is 0. The minimum absolute atomic E-state index is 0.495. The average Bonchev–Trinajstić information content (AvgIpc) is 3.87. The van der Waals surface area contributed by atoms with Crippen LogP contribution in [0.1, 0.15) is 22.3 Å². The number of nitrogens with zero attached hydrogens (tertiary/aromatic N) is 2. The molecule has 2 aliphatic rings. The van der Waals surface area contributed by atoms with Crippen molar-refractivity contribution in [1.82, 2.24) is 9.55 Å². The number of rotatable bonds is 2. The van der Waals surface area contributed by atoms with Crippen LogP contribution in [0.3, 0.4) is 0 Å².